The van der Waals surface area contributed by atoms with Gasteiger partial charge in [-0.15, -0.1) is 0 Å². The van der Waals surface area contributed by atoms with Gasteiger partial charge < -0.3 is 0 Å². The zero-order valence-electron chi connectivity index (χ0n) is 11.3. The second kappa shape index (κ2) is 5.25. The van der Waals surface area contributed by atoms with Gasteiger partial charge >= 0.3 is 0 Å². The number of hydrogen-bond donors (Lipinski definition) is 0. The van der Waals surface area contributed by atoms with Gasteiger partial charge in [-0.1, -0.05) is 49.4 Å². The number of aromatic nitrogens is 1. The van der Waals surface area contributed by atoms with Crippen molar-refractivity contribution >= 4 is 16.6 Å². The molecule has 98 valence electrons. The summed E-state index contributed by atoms with van der Waals surface area (Å²) in [4.78, 5) is 16.9. The lowest BCUT2D eigenvalue weighted by Gasteiger charge is -2.08. The van der Waals surface area contributed by atoms with Crippen molar-refractivity contribution in [3.8, 4) is 0 Å². The van der Waals surface area contributed by atoms with Gasteiger partial charge in [-0.05, 0) is 28.8 Å². The minimum atomic E-state index is 0.0704. The minimum Gasteiger partial charge on any atom is -0.289 e. The number of benzene rings is 2. The van der Waals surface area contributed by atoms with Gasteiger partial charge in [0.25, 0.3) is 0 Å². The second-order valence-corrected chi connectivity index (χ2v) is 4.74. The van der Waals surface area contributed by atoms with Gasteiger partial charge in [-0.25, -0.2) is 0 Å². The molecule has 0 aliphatic carbocycles. The molecule has 3 rings (SSSR count). The Bertz CT molecular complexity index is 772. The van der Waals surface area contributed by atoms with E-state index in [1.807, 2.05) is 55.5 Å². The maximum atomic E-state index is 12.8. The predicted octanol–water partition coefficient (Wildman–Crippen LogP) is 4.03. The molecule has 0 aliphatic heterocycles. The third-order valence-corrected chi connectivity index (χ3v) is 3.56. The maximum Gasteiger partial charge on any atom is 0.194 e. The fourth-order valence-corrected chi connectivity index (χ4v) is 2.50. The fraction of sp³-hybridized carbons (Fsp3) is 0.111. The summed E-state index contributed by atoms with van der Waals surface area (Å²) in [6.07, 6.45) is 4.26. The molecule has 0 N–H and O–H groups in total. The number of pyridine rings is 1. The van der Waals surface area contributed by atoms with Crippen molar-refractivity contribution in [3.05, 3.63) is 77.6 Å². The summed E-state index contributed by atoms with van der Waals surface area (Å²) >= 11 is 0. The molecule has 2 heteroatoms. The quantitative estimate of drug-likeness (QED) is 0.666. The molecule has 2 aromatic carbocycles. The van der Waals surface area contributed by atoms with Crippen LogP contribution < -0.4 is 0 Å². The summed E-state index contributed by atoms with van der Waals surface area (Å²) in [5.41, 5.74) is 2.49. The highest BCUT2D eigenvalue weighted by Gasteiger charge is 2.14. The Labute approximate surface area is 118 Å². The number of ketones is 1. The zero-order chi connectivity index (χ0) is 13.9. The molecule has 0 aliphatic rings. The summed E-state index contributed by atoms with van der Waals surface area (Å²) in [5, 5.41) is 2.09. The molecule has 0 unspecified atom stereocenters. The van der Waals surface area contributed by atoms with Crippen LogP contribution in [0, 0.1) is 0 Å². The van der Waals surface area contributed by atoms with Crippen molar-refractivity contribution in [1.29, 1.82) is 0 Å². The van der Waals surface area contributed by atoms with E-state index in [0.29, 0.717) is 0 Å². The normalized spacial score (nSPS) is 10.7. The molecule has 20 heavy (non-hydrogen) atoms. The number of carbonyl (C=O) groups is 1. The summed E-state index contributed by atoms with van der Waals surface area (Å²) in [7, 11) is 0. The second-order valence-electron chi connectivity index (χ2n) is 4.74. The third-order valence-electron chi connectivity index (χ3n) is 3.56. The molecule has 0 radical (unpaired) electrons. The predicted molar refractivity (Wildman–Crippen MR) is 81.0 cm³/mol. The summed E-state index contributed by atoms with van der Waals surface area (Å²) in [6.45, 7) is 2.04. The van der Waals surface area contributed by atoms with Crippen LogP contribution in [0.1, 0.15) is 28.4 Å². The van der Waals surface area contributed by atoms with Crippen molar-refractivity contribution in [3.63, 3.8) is 0 Å². The fourth-order valence-electron chi connectivity index (χ4n) is 2.50. The molecule has 0 saturated heterocycles. The van der Waals surface area contributed by atoms with Gasteiger partial charge in [0.05, 0.1) is 0 Å². The van der Waals surface area contributed by atoms with Crippen LogP contribution in [0.25, 0.3) is 10.8 Å². The monoisotopic (exact) mass is 261 g/mol. The number of carbonyl (C=O) groups excluding carboxylic acids is 1. The van der Waals surface area contributed by atoms with E-state index in [4.69, 9.17) is 0 Å². The minimum absolute atomic E-state index is 0.0704. The lowest BCUT2D eigenvalue weighted by atomic mass is 9.95. The van der Waals surface area contributed by atoms with E-state index in [9.17, 15) is 4.79 Å². The number of hydrogen-bond acceptors (Lipinski definition) is 2. The van der Waals surface area contributed by atoms with Gasteiger partial charge in [0, 0.05) is 23.5 Å². The van der Waals surface area contributed by atoms with Crippen molar-refractivity contribution < 1.29 is 4.79 Å². The Morgan fingerprint density at radius 2 is 1.80 bits per heavy atom. The molecule has 2 nitrogen and oxygen atoms in total. The van der Waals surface area contributed by atoms with Crippen molar-refractivity contribution in [2.24, 2.45) is 0 Å². The number of rotatable bonds is 3. The van der Waals surface area contributed by atoms with Gasteiger partial charge in [0.2, 0.25) is 0 Å². The molecule has 0 saturated carbocycles. The van der Waals surface area contributed by atoms with Crippen LogP contribution in [0.2, 0.25) is 0 Å². The molecule has 0 atom stereocenters. The highest BCUT2D eigenvalue weighted by atomic mass is 16.1. The Balaban J connectivity index is 2.18. The summed E-state index contributed by atoms with van der Waals surface area (Å²) in [6, 6.07) is 15.6. The first kappa shape index (κ1) is 12.5. The van der Waals surface area contributed by atoms with E-state index in [1.165, 1.54) is 0 Å². The SMILES string of the molecule is CCc1cnccc1C(=O)c1cccc2ccccc12. The summed E-state index contributed by atoms with van der Waals surface area (Å²) in [5.74, 6) is 0.0704. The molecule has 1 aromatic heterocycles. The number of nitrogens with zero attached hydrogens (tertiary/aromatic N) is 1. The van der Waals surface area contributed by atoms with E-state index in [0.717, 1.165) is 33.9 Å². The molecule has 0 amide bonds. The van der Waals surface area contributed by atoms with Crippen LogP contribution in [-0.4, -0.2) is 10.8 Å². The molecular weight excluding hydrogens is 246 g/mol. The smallest absolute Gasteiger partial charge is 0.194 e. The highest BCUT2D eigenvalue weighted by molar-refractivity contribution is 6.16. The zero-order valence-corrected chi connectivity index (χ0v) is 11.3. The van der Waals surface area contributed by atoms with E-state index >= 15 is 0 Å². The molecule has 0 spiro atoms. The first-order chi connectivity index (χ1) is 9.81. The van der Waals surface area contributed by atoms with Crippen LogP contribution >= 0.6 is 0 Å². The average molecular weight is 261 g/mol. The Morgan fingerprint density at radius 1 is 1.00 bits per heavy atom. The van der Waals surface area contributed by atoms with Crippen molar-refractivity contribution in [2.75, 3.05) is 0 Å². The van der Waals surface area contributed by atoms with E-state index in [-0.39, 0.29) is 5.78 Å². The lowest BCUT2D eigenvalue weighted by molar-refractivity contribution is 0.103. The maximum absolute atomic E-state index is 12.8. The Hall–Kier alpha value is -2.48. The Morgan fingerprint density at radius 3 is 2.65 bits per heavy atom. The van der Waals surface area contributed by atoms with Crippen LogP contribution in [0.4, 0.5) is 0 Å². The average Bonchev–Trinajstić information content (AvgIpc) is 2.53. The first-order valence-corrected chi connectivity index (χ1v) is 6.76. The van der Waals surface area contributed by atoms with Crippen LogP contribution in [-0.2, 0) is 6.42 Å². The third kappa shape index (κ3) is 2.10. The molecular formula is C18H15NO. The summed E-state index contributed by atoms with van der Waals surface area (Å²) < 4.78 is 0. The van der Waals surface area contributed by atoms with Crippen LogP contribution in [0.3, 0.4) is 0 Å². The highest BCUT2D eigenvalue weighted by Crippen LogP contribution is 2.22. The number of fused-ring (bicyclic) bond motifs is 1. The Kier molecular flexibility index (Phi) is 3.30. The van der Waals surface area contributed by atoms with E-state index in [1.54, 1.807) is 12.4 Å². The molecule has 1 heterocycles. The van der Waals surface area contributed by atoms with Crippen LogP contribution in [0.5, 0.6) is 0 Å². The largest absolute Gasteiger partial charge is 0.289 e. The van der Waals surface area contributed by atoms with E-state index < -0.39 is 0 Å². The lowest BCUT2D eigenvalue weighted by Crippen LogP contribution is -2.06. The van der Waals surface area contributed by atoms with Crippen molar-refractivity contribution in [2.45, 2.75) is 13.3 Å². The van der Waals surface area contributed by atoms with Crippen LogP contribution in [0.15, 0.2) is 60.9 Å². The molecule has 0 fully saturated rings. The van der Waals surface area contributed by atoms with E-state index in [2.05, 4.69) is 4.98 Å². The van der Waals surface area contributed by atoms with Gasteiger partial charge in [-0.3, -0.25) is 9.78 Å². The van der Waals surface area contributed by atoms with Gasteiger partial charge in [-0.2, -0.15) is 0 Å². The topological polar surface area (TPSA) is 30.0 Å². The molecule has 0 bridgehead atoms. The van der Waals surface area contributed by atoms with Crippen molar-refractivity contribution in [1.82, 2.24) is 4.98 Å². The molecule has 3 aromatic rings. The standard InChI is InChI=1S/C18H15NO/c1-2-13-12-19-11-10-16(13)18(20)17-9-5-7-14-6-3-4-8-15(14)17/h3-12H,2H2,1H3. The number of aryl methyl sites for hydroxylation is 1. The van der Waals surface area contributed by atoms with Gasteiger partial charge in [0.15, 0.2) is 5.78 Å². The first-order valence-electron chi connectivity index (χ1n) is 6.76. The van der Waals surface area contributed by atoms with Gasteiger partial charge in [0.1, 0.15) is 0 Å².